The SMILES string of the molecule is O=C(NCCCOC1CCCCC1)c1ccc2ccccc2c1. The normalized spacial score (nSPS) is 15.7. The first-order chi connectivity index (χ1) is 11.3. The van der Waals surface area contributed by atoms with Crippen LogP contribution in [0.3, 0.4) is 0 Å². The number of carbonyl (C=O) groups is 1. The van der Waals surface area contributed by atoms with E-state index in [4.69, 9.17) is 4.74 Å². The fraction of sp³-hybridized carbons (Fsp3) is 0.450. The zero-order chi connectivity index (χ0) is 15.9. The molecule has 2 aromatic rings. The lowest BCUT2D eigenvalue weighted by atomic mass is 9.98. The summed E-state index contributed by atoms with van der Waals surface area (Å²) in [6.45, 7) is 1.40. The van der Waals surface area contributed by atoms with Crippen molar-refractivity contribution >= 4 is 16.7 Å². The highest BCUT2D eigenvalue weighted by molar-refractivity contribution is 5.98. The Hall–Kier alpha value is -1.87. The Kier molecular flexibility index (Phi) is 5.65. The highest BCUT2D eigenvalue weighted by Crippen LogP contribution is 2.20. The fourth-order valence-corrected chi connectivity index (χ4v) is 3.19. The molecule has 0 unspecified atom stereocenters. The van der Waals surface area contributed by atoms with E-state index < -0.39 is 0 Å². The monoisotopic (exact) mass is 311 g/mol. The summed E-state index contributed by atoms with van der Waals surface area (Å²) in [6.07, 6.45) is 7.65. The number of fused-ring (bicyclic) bond motifs is 1. The van der Waals surface area contributed by atoms with Crippen LogP contribution in [0.4, 0.5) is 0 Å². The van der Waals surface area contributed by atoms with Crippen molar-refractivity contribution in [2.45, 2.75) is 44.6 Å². The molecule has 3 heteroatoms. The molecule has 3 rings (SSSR count). The summed E-state index contributed by atoms with van der Waals surface area (Å²) in [6, 6.07) is 13.9. The largest absolute Gasteiger partial charge is 0.378 e. The van der Waals surface area contributed by atoms with Crippen LogP contribution in [0.15, 0.2) is 42.5 Å². The van der Waals surface area contributed by atoms with Crippen molar-refractivity contribution < 1.29 is 9.53 Å². The number of benzene rings is 2. The molecule has 23 heavy (non-hydrogen) atoms. The minimum atomic E-state index is -0.00609. The first-order valence-corrected chi connectivity index (χ1v) is 8.71. The molecule has 1 saturated carbocycles. The second-order valence-corrected chi connectivity index (χ2v) is 6.30. The van der Waals surface area contributed by atoms with Gasteiger partial charge >= 0.3 is 0 Å². The second kappa shape index (κ2) is 8.11. The third kappa shape index (κ3) is 4.55. The molecule has 1 N–H and O–H groups in total. The van der Waals surface area contributed by atoms with E-state index in [-0.39, 0.29) is 5.91 Å². The van der Waals surface area contributed by atoms with Crippen LogP contribution in [0, 0.1) is 0 Å². The number of ether oxygens (including phenoxy) is 1. The quantitative estimate of drug-likeness (QED) is 0.807. The molecule has 0 radical (unpaired) electrons. The molecule has 2 aromatic carbocycles. The van der Waals surface area contributed by atoms with E-state index in [1.165, 1.54) is 32.1 Å². The van der Waals surface area contributed by atoms with E-state index in [1.807, 2.05) is 36.4 Å². The van der Waals surface area contributed by atoms with Gasteiger partial charge in [-0.05, 0) is 42.2 Å². The van der Waals surface area contributed by atoms with Crippen LogP contribution in [0.25, 0.3) is 10.8 Å². The number of rotatable bonds is 6. The highest BCUT2D eigenvalue weighted by Gasteiger charge is 2.13. The summed E-state index contributed by atoms with van der Waals surface area (Å²) in [5.74, 6) is -0.00609. The molecule has 0 aliphatic heterocycles. The molecule has 0 spiro atoms. The summed E-state index contributed by atoms with van der Waals surface area (Å²) in [5, 5.41) is 5.24. The number of amides is 1. The zero-order valence-corrected chi connectivity index (χ0v) is 13.6. The first-order valence-electron chi connectivity index (χ1n) is 8.71. The van der Waals surface area contributed by atoms with Gasteiger partial charge in [0.25, 0.3) is 5.91 Å². The van der Waals surface area contributed by atoms with Gasteiger partial charge in [-0.25, -0.2) is 0 Å². The van der Waals surface area contributed by atoms with Crippen LogP contribution >= 0.6 is 0 Å². The van der Waals surface area contributed by atoms with E-state index in [1.54, 1.807) is 0 Å². The molecule has 1 aliphatic rings. The minimum absolute atomic E-state index is 0.00609. The summed E-state index contributed by atoms with van der Waals surface area (Å²) < 4.78 is 5.88. The Labute approximate surface area is 138 Å². The molecule has 1 amide bonds. The van der Waals surface area contributed by atoms with Gasteiger partial charge in [-0.2, -0.15) is 0 Å². The topological polar surface area (TPSA) is 38.3 Å². The maximum absolute atomic E-state index is 12.2. The zero-order valence-electron chi connectivity index (χ0n) is 13.6. The van der Waals surface area contributed by atoms with Crippen molar-refractivity contribution in [1.29, 1.82) is 0 Å². The lowest BCUT2D eigenvalue weighted by molar-refractivity contribution is 0.0273. The van der Waals surface area contributed by atoms with Crippen molar-refractivity contribution in [1.82, 2.24) is 5.32 Å². The van der Waals surface area contributed by atoms with Crippen LogP contribution in [0.5, 0.6) is 0 Å². The predicted molar refractivity (Wildman–Crippen MR) is 93.7 cm³/mol. The molecule has 1 aliphatic carbocycles. The summed E-state index contributed by atoms with van der Waals surface area (Å²) in [7, 11) is 0. The number of carbonyl (C=O) groups excluding carboxylic acids is 1. The van der Waals surface area contributed by atoms with Gasteiger partial charge in [0.1, 0.15) is 0 Å². The molecule has 0 aromatic heterocycles. The van der Waals surface area contributed by atoms with Crippen LogP contribution in [-0.4, -0.2) is 25.2 Å². The standard InChI is InChI=1S/C20H25NO2/c22-20(18-12-11-16-7-4-5-8-17(16)15-18)21-13-6-14-23-19-9-2-1-3-10-19/h4-5,7-8,11-12,15,19H,1-3,6,9-10,13-14H2,(H,21,22). The molecule has 0 saturated heterocycles. The summed E-state index contributed by atoms with van der Waals surface area (Å²) in [4.78, 5) is 12.2. The predicted octanol–water partition coefficient (Wildman–Crippen LogP) is 4.31. The molecule has 3 nitrogen and oxygen atoms in total. The first kappa shape index (κ1) is 16.0. The van der Waals surface area contributed by atoms with Crippen molar-refractivity contribution in [3.63, 3.8) is 0 Å². The molecule has 0 heterocycles. The molecular weight excluding hydrogens is 286 g/mol. The molecular formula is C20H25NO2. The van der Waals surface area contributed by atoms with Crippen LogP contribution in [-0.2, 0) is 4.74 Å². The van der Waals surface area contributed by atoms with E-state index in [2.05, 4.69) is 11.4 Å². The summed E-state index contributed by atoms with van der Waals surface area (Å²) in [5.41, 5.74) is 0.719. The number of hydrogen-bond donors (Lipinski definition) is 1. The Morgan fingerprint density at radius 2 is 1.83 bits per heavy atom. The van der Waals surface area contributed by atoms with Gasteiger partial charge in [0, 0.05) is 18.7 Å². The van der Waals surface area contributed by atoms with Crippen LogP contribution < -0.4 is 5.32 Å². The van der Waals surface area contributed by atoms with Crippen molar-refractivity contribution in [3.05, 3.63) is 48.0 Å². The average Bonchev–Trinajstić information content (AvgIpc) is 2.61. The maximum Gasteiger partial charge on any atom is 0.251 e. The lowest BCUT2D eigenvalue weighted by Gasteiger charge is -2.21. The van der Waals surface area contributed by atoms with Gasteiger partial charge in [0.2, 0.25) is 0 Å². The van der Waals surface area contributed by atoms with Gasteiger partial charge < -0.3 is 10.1 Å². The van der Waals surface area contributed by atoms with Gasteiger partial charge in [0.15, 0.2) is 0 Å². The van der Waals surface area contributed by atoms with E-state index in [0.717, 1.165) is 29.4 Å². The van der Waals surface area contributed by atoms with Crippen molar-refractivity contribution in [2.75, 3.05) is 13.2 Å². The Morgan fingerprint density at radius 1 is 1.04 bits per heavy atom. The molecule has 0 atom stereocenters. The van der Waals surface area contributed by atoms with E-state index >= 15 is 0 Å². The maximum atomic E-state index is 12.2. The summed E-state index contributed by atoms with van der Waals surface area (Å²) >= 11 is 0. The van der Waals surface area contributed by atoms with Gasteiger partial charge in [-0.15, -0.1) is 0 Å². The van der Waals surface area contributed by atoms with Crippen LogP contribution in [0.2, 0.25) is 0 Å². The van der Waals surface area contributed by atoms with Gasteiger partial charge in [0.05, 0.1) is 6.10 Å². The van der Waals surface area contributed by atoms with Gasteiger partial charge in [-0.1, -0.05) is 49.6 Å². The van der Waals surface area contributed by atoms with Crippen LogP contribution in [0.1, 0.15) is 48.9 Å². The highest BCUT2D eigenvalue weighted by atomic mass is 16.5. The smallest absolute Gasteiger partial charge is 0.251 e. The fourth-order valence-electron chi connectivity index (χ4n) is 3.19. The van der Waals surface area contributed by atoms with E-state index in [9.17, 15) is 4.79 Å². The number of hydrogen-bond acceptors (Lipinski definition) is 2. The molecule has 122 valence electrons. The van der Waals surface area contributed by atoms with Crippen molar-refractivity contribution in [2.24, 2.45) is 0 Å². The van der Waals surface area contributed by atoms with E-state index in [0.29, 0.717) is 12.6 Å². The molecule has 1 fully saturated rings. The third-order valence-electron chi connectivity index (χ3n) is 4.52. The lowest BCUT2D eigenvalue weighted by Crippen LogP contribution is -2.26. The van der Waals surface area contributed by atoms with Gasteiger partial charge in [-0.3, -0.25) is 4.79 Å². The van der Waals surface area contributed by atoms with Crippen molar-refractivity contribution in [3.8, 4) is 0 Å². The third-order valence-corrected chi connectivity index (χ3v) is 4.52. The minimum Gasteiger partial charge on any atom is -0.378 e. The second-order valence-electron chi connectivity index (χ2n) is 6.30. The average molecular weight is 311 g/mol. The Morgan fingerprint density at radius 3 is 2.65 bits per heavy atom. The Bertz CT molecular complexity index is 647. The Balaban J connectivity index is 1.41. The molecule has 0 bridgehead atoms. The number of nitrogens with one attached hydrogen (secondary N) is 1.